The van der Waals surface area contributed by atoms with Crippen LogP contribution in [0.2, 0.25) is 0 Å². The zero-order valence-electron chi connectivity index (χ0n) is 32.9. The summed E-state index contributed by atoms with van der Waals surface area (Å²) in [5, 5.41) is 19.2. The van der Waals surface area contributed by atoms with Crippen molar-refractivity contribution in [2.45, 2.75) is 121 Å². The maximum Gasteiger partial charge on any atom is 0.408 e. The van der Waals surface area contributed by atoms with Crippen LogP contribution in [0.5, 0.6) is 11.5 Å². The first-order valence-electron chi connectivity index (χ1n) is 19.4. The monoisotopic (exact) mass is 787 g/mol. The van der Waals surface area contributed by atoms with Crippen molar-refractivity contribution in [3.8, 4) is 22.2 Å². The van der Waals surface area contributed by atoms with Gasteiger partial charge in [0.05, 0.1) is 24.9 Å². The van der Waals surface area contributed by atoms with E-state index in [9.17, 15) is 24.3 Å². The van der Waals surface area contributed by atoms with Gasteiger partial charge in [0.25, 0.3) is 5.91 Å². The summed E-state index contributed by atoms with van der Waals surface area (Å²) < 4.78 is 18.2. The number of carboxylic acid groups (broad SMARTS) is 1. The van der Waals surface area contributed by atoms with Crippen LogP contribution in [0.3, 0.4) is 0 Å². The summed E-state index contributed by atoms with van der Waals surface area (Å²) in [5.74, 6) is -1.18. The lowest BCUT2D eigenvalue weighted by Gasteiger charge is -2.29. The number of methoxy groups -OCH3 is 1. The molecule has 1 saturated heterocycles. The van der Waals surface area contributed by atoms with Crippen LogP contribution in [-0.2, 0) is 19.1 Å². The number of aryl methyl sites for hydroxylation is 1. The molecule has 0 bridgehead atoms. The van der Waals surface area contributed by atoms with Crippen LogP contribution in [0, 0.1) is 12.8 Å². The minimum Gasteiger partial charge on any atom is -0.496 e. The van der Waals surface area contributed by atoms with Gasteiger partial charge in [-0.25, -0.2) is 19.6 Å². The fraction of sp³-hybridized carbons (Fsp3) is 0.524. The van der Waals surface area contributed by atoms with Gasteiger partial charge in [-0.05, 0) is 84.8 Å². The van der Waals surface area contributed by atoms with Gasteiger partial charge in [-0.1, -0.05) is 18.6 Å². The van der Waals surface area contributed by atoms with Gasteiger partial charge >= 0.3 is 12.1 Å². The molecule has 13 nitrogen and oxygen atoms in total. The Hall–Kier alpha value is -4.98. The molecule has 2 saturated carbocycles. The maximum absolute atomic E-state index is 14.5. The predicted octanol–water partition coefficient (Wildman–Crippen LogP) is 7.08. The van der Waals surface area contributed by atoms with E-state index < -0.39 is 59.1 Å². The first-order valence-corrected chi connectivity index (χ1v) is 20.2. The van der Waals surface area contributed by atoms with E-state index in [1.165, 1.54) is 22.3 Å². The summed E-state index contributed by atoms with van der Waals surface area (Å²) in [4.78, 5) is 65.4. The van der Waals surface area contributed by atoms with E-state index in [0.717, 1.165) is 48.4 Å². The highest BCUT2D eigenvalue weighted by Crippen LogP contribution is 2.45. The number of amides is 3. The summed E-state index contributed by atoms with van der Waals surface area (Å²) in [6.07, 6.45) is 6.48. The number of allylic oxidation sites excluding steroid dienone is 1. The molecule has 1 aromatic carbocycles. The van der Waals surface area contributed by atoms with Crippen molar-refractivity contribution < 1.29 is 38.5 Å². The third kappa shape index (κ3) is 9.01. The number of nitrogens with one attached hydrogen (secondary N) is 2. The Morgan fingerprint density at radius 1 is 1.12 bits per heavy atom. The quantitative estimate of drug-likeness (QED) is 0.0950. The number of alkyl carbamates (subject to hydrolysis) is 1. The maximum atomic E-state index is 14.5. The molecule has 1 unspecified atom stereocenters. The third-order valence-corrected chi connectivity index (χ3v) is 11.5. The van der Waals surface area contributed by atoms with E-state index in [2.05, 4.69) is 29.2 Å². The minimum absolute atomic E-state index is 0.0174. The average molecular weight is 788 g/mol. The largest absolute Gasteiger partial charge is 0.496 e. The molecule has 0 spiro atoms. The lowest BCUT2D eigenvalue weighted by Crippen LogP contribution is -2.55. The molecule has 300 valence electrons. The van der Waals surface area contributed by atoms with Crippen LogP contribution < -0.4 is 20.1 Å². The van der Waals surface area contributed by atoms with Crippen molar-refractivity contribution in [1.29, 1.82) is 0 Å². The molecular formula is C42H53N5O8S. The molecule has 1 aliphatic heterocycles. The van der Waals surface area contributed by atoms with Crippen molar-refractivity contribution in [2.75, 3.05) is 13.7 Å². The van der Waals surface area contributed by atoms with E-state index in [1.54, 1.807) is 7.11 Å². The van der Waals surface area contributed by atoms with Crippen molar-refractivity contribution in [3.05, 3.63) is 60.1 Å². The Labute approximate surface area is 331 Å². The lowest BCUT2D eigenvalue weighted by molar-refractivity contribution is -0.148. The van der Waals surface area contributed by atoms with Gasteiger partial charge < -0.3 is 34.9 Å². The Kier molecular flexibility index (Phi) is 12.1. The van der Waals surface area contributed by atoms with Gasteiger partial charge in [0.1, 0.15) is 39.9 Å². The topological polar surface area (TPSA) is 169 Å². The standard InChI is InChI=1S/C42H53N5O8S/c1-8-10-11-12-13-14-33(55-40(52)46-41(4,5)6)38(49)47-22-27(19-31(47)36(48)45-42(39(50)51)21-26(42)9-2)54-34-20-29(37-44-30(23-56-37)25-15-16-25)43-35-24(3)32(53-7)18-17-28(34)35/h8-9,17-18,20,23,25-27,31,33H,1-2,10-16,19,21-22H2,3-7H3,(H,45,48)(H,46,52)(H,50,51)/t26-,27-,31-,33?,42-/m1/s1. The van der Waals surface area contributed by atoms with Crippen LogP contribution in [0.4, 0.5) is 4.79 Å². The fourth-order valence-corrected chi connectivity index (χ4v) is 8.19. The number of pyridine rings is 1. The fourth-order valence-electron chi connectivity index (χ4n) is 7.33. The third-order valence-electron chi connectivity index (χ3n) is 10.6. The second-order valence-electron chi connectivity index (χ2n) is 16.1. The van der Waals surface area contributed by atoms with Gasteiger partial charge in [0.15, 0.2) is 6.10 Å². The molecule has 0 radical (unpaired) electrons. The summed E-state index contributed by atoms with van der Waals surface area (Å²) >= 11 is 1.52. The van der Waals surface area contributed by atoms with Crippen LogP contribution in [0.15, 0.2) is 48.9 Å². The molecule has 56 heavy (non-hydrogen) atoms. The zero-order valence-corrected chi connectivity index (χ0v) is 33.7. The number of rotatable bonds is 17. The van der Waals surface area contributed by atoms with Gasteiger partial charge in [0.2, 0.25) is 5.91 Å². The molecule has 3 aliphatic rings. The Bertz CT molecular complexity index is 2000. The zero-order chi connectivity index (χ0) is 40.4. The number of hydrogen-bond acceptors (Lipinski definition) is 10. The molecule has 14 heteroatoms. The Morgan fingerprint density at radius 2 is 1.89 bits per heavy atom. The molecule has 3 N–H and O–H groups in total. The van der Waals surface area contributed by atoms with Gasteiger partial charge in [0, 0.05) is 46.2 Å². The highest BCUT2D eigenvalue weighted by atomic mass is 32.1. The SMILES string of the molecule is C=CCCCCCC(OC(=O)NC(C)(C)C)C(=O)N1C[C@H](Oc2cc(-c3nc(C4CC4)cs3)nc3c(C)c(OC)ccc23)C[C@@H]1C(=O)N[C@]1(C(=O)O)C[C@H]1C=C. The number of aromatic nitrogens is 2. The second-order valence-corrected chi connectivity index (χ2v) is 17.0. The highest BCUT2D eigenvalue weighted by Gasteiger charge is 2.61. The van der Waals surface area contributed by atoms with E-state index in [-0.39, 0.29) is 25.8 Å². The van der Waals surface area contributed by atoms with Crippen LogP contribution in [-0.4, -0.2) is 86.8 Å². The van der Waals surface area contributed by atoms with Crippen molar-refractivity contribution >= 4 is 46.1 Å². The number of hydrogen-bond donors (Lipinski definition) is 3. The summed E-state index contributed by atoms with van der Waals surface area (Å²) in [6.45, 7) is 14.8. The van der Waals surface area contributed by atoms with Gasteiger partial charge in [-0.3, -0.25) is 9.59 Å². The van der Waals surface area contributed by atoms with E-state index in [0.29, 0.717) is 40.4 Å². The van der Waals surface area contributed by atoms with Crippen LogP contribution in [0.1, 0.15) is 95.7 Å². The number of ether oxygens (including phenoxy) is 3. The number of carboxylic acids is 1. The van der Waals surface area contributed by atoms with Gasteiger partial charge in [-0.15, -0.1) is 24.5 Å². The normalized spacial score (nSPS) is 22.2. The minimum atomic E-state index is -1.51. The molecule has 5 atom stereocenters. The summed E-state index contributed by atoms with van der Waals surface area (Å²) in [5.41, 5.74) is 1.04. The average Bonchev–Trinajstić information content (AvgIpc) is 4.02. The smallest absolute Gasteiger partial charge is 0.408 e. The molecular weight excluding hydrogens is 735 g/mol. The van der Waals surface area contributed by atoms with Crippen molar-refractivity contribution in [1.82, 2.24) is 25.5 Å². The number of carbonyl (C=O) groups is 4. The molecule has 3 heterocycles. The lowest BCUT2D eigenvalue weighted by atomic mass is 10.1. The number of unbranched alkanes of at least 4 members (excludes halogenated alkanes) is 3. The Morgan fingerprint density at radius 3 is 2.54 bits per heavy atom. The van der Waals surface area contributed by atoms with Crippen LogP contribution in [0.25, 0.3) is 21.6 Å². The van der Waals surface area contributed by atoms with E-state index in [4.69, 9.17) is 24.2 Å². The van der Waals surface area contributed by atoms with E-state index in [1.807, 2.05) is 52.0 Å². The highest BCUT2D eigenvalue weighted by molar-refractivity contribution is 7.13. The van der Waals surface area contributed by atoms with Gasteiger partial charge in [-0.2, -0.15) is 0 Å². The molecule has 3 amide bonds. The Balaban J connectivity index is 1.33. The van der Waals surface area contributed by atoms with Crippen molar-refractivity contribution in [2.24, 2.45) is 5.92 Å². The number of likely N-dealkylation sites (tertiary alicyclic amines) is 1. The number of benzene rings is 1. The number of carbonyl (C=O) groups excluding carboxylic acids is 3. The van der Waals surface area contributed by atoms with Crippen LogP contribution >= 0.6 is 11.3 Å². The number of nitrogens with zero attached hydrogens (tertiary/aromatic N) is 3. The molecule has 3 fully saturated rings. The number of aliphatic carboxylic acids is 1. The second kappa shape index (κ2) is 16.6. The first kappa shape index (κ1) is 40.7. The molecule has 2 aliphatic carbocycles. The molecule has 6 rings (SSSR count). The molecule has 2 aromatic heterocycles. The number of fused-ring (bicyclic) bond motifs is 1. The summed E-state index contributed by atoms with van der Waals surface area (Å²) in [7, 11) is 1.60. The van der Waals surface area contributed by atoms with E-state index >= 15 is 0 Å². The predicted molar refractivity (Wildman–Crippen MR) is 214 cm³/mol. The first-order chi connectivity index (χ1) is 26.7. The molecule has 3 aromatic rings. The van der Waals surface area contributed by atoms with Crippen molar-refractivity contribution in [3.63, 3.8) is 0 Å². The number of thiazole rings is 1. The summed E-state index contributed by atoms with van der Waals surface area (Å²) in [6, 6.07) is 4.45.